The van der Waals surface area contributed by atoms with Crippen molar-refractivity contribution in [3.8, 4) is 0 Å². The van der Waals surface area contributed by atoms with Crippen LogP contribution >= 0.6 is 15.9 Å². The molecule has 114 valence electrons. The number of methoxy groups -OCH3 is 1. The third-order valence-electron chi connectivity index (χ3n) is 2.46. The molecule has 0 amide bonds. The molecule has 0 spiro atoms. The first-order valence-corrected chi connectivity index (χ1v) is 6.83. The van der Waals surface area contributed by atoms with Gasteiger partial charge in [0.2, 0.25) is 5.89 Å². The van der Waals surface area contributed by atoms with Gasteiger partial charge in [0.25, 0.3) is 0 Å². The fourth-order valence-corrected chi connectivity index (χ4v) is 1.92. The van der Waals surface area contributed by atoms with E-state index in [2.05, 4.69) is 36.8 Å². The predicted octanol–water partition coefficient (Wildman–Crippen LogP) is 2.59. The maximum absolute atomic E-state index is 13.6. The second kappa shape index (κ2) is 7.43. The fourth-order valence-electron chi connectivity index (χ4n) is 1.51. The van der Waals surface area contributed by atoms with E-state index in [0.29, 0.717) is 30.1 Å². The van der Waals surface area contributed by atoms with Crippen molar-refractivity contribution in [2.45, 2.75) is 6.54 Å². The number of nitrogens with one attached hydrogen (secondary N) is 2. The number of hydrogen-bond acceptors (Lipinski definition) is 6. The lowest BCUT2D eigenvalue weighted by Crippen LogP contribution is -2.18. The van der Waals surface area contributed by atoms with Crippen LogP contribution in [0.25, 0.3) is 0 Å². The molecule has 0 saturated heterocycles. The summed E-state index contributed by atoms with van der Waals surface area (Å²) in [7, 11) is 1.59. The molecular formula is C12H13BrF2N4O2. The van der Waals surface area contributed by atoms with Crippen molar-refractivity contribution in [1.82, 2.24) is 15.5 Å². The highest BCUT2D eigenvalue weighted by molar-refractivity contribution is 9.10. The van der Waals surface area contributed by atoms with Crippen LogP contribution in [0.1, 0.15) is 5.89 Å². The van der Waals surface area contributed by atoms with Crippen LogP contribution in [0.5, 0.6) is 0 Å². The van der Waals surface area contributed by atoms with E-state index in [1.165, 1.54) is 0 Å². The highest BCUT2D eigenvalue weighted by Crippen LogP contribution is 2.26. The maximum atomic E-state index is 13.6. The molecule has 0 unspecified atom stereocenters. The Hall–Kier alpha value is -1.58. The van der Waals surface area contributed by atoms with Gasteiger partial charge in [-0.1, -0.05) is 21.0 Å². The van der Waals surface area contributed by atoms with Crippen LogP contribution in [0, 0.1) is 11.6 Å². The number of ether oxygens (including phenoxy) is 1. The molecule has 0 fully saturated rings. The zero-order valence-electron chi connectivity index (χ0n) is 11.1. The minimum absolute atomic E-state index is 0.0846. The van der Waals surface area contributed by atoms with Gasteiger partial charge in [0, 0.05) is 18.1 Å². The Labute approximate surface area is 128 Å². The number of rotatable bonds is 7. The highest BCUT2D eigenvalue weighted by atomic mass is 79.9. The van der Waals surface area contributed by atoms with Crippen molar-refractivity contribution in [2.75, 3.05) is 25.6 Å². The molecule has 0 aliphatic rings. The van der Waals surface area contributed by atoms with Crippen LogP contribution in [-0.2, 0) is 11.3 Å². The summed E-state index contributed by atoms with van der Waals surface area (Å²) in [6.45, 7) is 1.51. The monoisotopic (exact) mass is 362 g/mol. The lowest BCUT2D eigenvalue weighted by Gasteiger charge is -2.05. The van der Waals surface area contributed by atoms with Gasteiger partial charge < -0.3 is 19.8 Å². The number of halogens is 3. The summed E-state index contributed by atoms with van der Waals surface area (Å²) in [5.74, 6) is -1.23. The highest BCUT2D eigenvalue weighted by Gasteiger charge is 2.14. The molecular weight excluding hydrogens is 350 g/mol. The summed E-state index contributed by atoms with van der Waals surface area (Å²) in [6.07, 6.45) is 0. The molecule has 0 bridgehead atoms. The SMILES string of the molecule is COCCNCc1nnc(Nc2c(F)cc(Br)cc2F)o1. The van der Waals surface area contributed by atoms with Gasteiger partial charge in [0.05, 0.1) is 13.2 Å². The van der Waals surface area contributed by atoms with E-state index in [4.69, 9.17) is 9.15 Å². The van der Waals surface area contributed by atoms with Crippen LogP contribution in [0.3, 0.4) is 0 Å². The number of hydrogen-bond donors (Lipinski definition) is 2. The smallest absolute Gasteiger partial charge is 0.320 e. The normalized spacial score (nSPS) is 10.9. The van der Waals surface area contributed by atoms with E-state index in [-0.39, 0.29) is 11.7 Å². The lowest BCUT2D eigenvalue weighted by atomic mass is 10.3. The van der Waals surface area contributed by atoms with Crippen molar-refractivity contribution in [3.05, 3.63) is 34.1 Å². The number of nitrogens with zero attached hydrogens (tertiary/aromatic N) is 2. The first-order chi connectivity index (χ1) is 10.1. The minimum atomic E-state index is -0.764. The fraction of sp³-hybridized carbons (Fsp3) is 0.333. The van der Waals surface area contributed by atoms with Crippen molar-refractivity contribution >= 4 is 27.6 Å². The van der Waals surface area contributed by atoms with Crippen LogP contribution in [-0.4, -0.2) is 30.5 Å². The van der Waals surface area contributed by atoms with Crippen molar-refractivity contribution in [1.29, 1.82) is 0 Å². The Kier molecular flexibility index (Phi) is 5.59. The van der Waals surface area contributed by atoms with Gasteiger partial charge >= 0.3 is 6.01 Å². The molecule has 2 N–H and O–H groups in total. The van der Waals surface area contributed by atoms with Crippen LogP contribution in [0.2, 0.25) is 0 Å². The topological polar surface area (TPSA) is 72.2 Å². The first-order valence-electron chi connectivity index (χ1n) is 6.03. The van der Waals surface area contributed by atoms with Gasteiger partial charge in [-0.05, 0) is 12.1 Å². The molecule has 0 radical (unpaired) electrons. The van der Waals surface area contributed by atoms with Crippen LogP contribution < -0.4 is 10.6 Å². The van der Waals surface area contributed by atoms with Crippen molar-refractivity contribution < 1.29 is 17.9 Å². The Bertz CT molecular complexity index is 586. The molecule has 0 saturated carbocycles. The molecule has 2 aromatic rings. The largest absolute Gasteiger partial charge is 0.406 e. The van der Waals surface area contributed by atoms with E-state index in [0.717, 1.165) is 12.1 Å². The zero-order valence-corrected chi connectivity index (χ0v) is 12.7. The number of aromatic nitrogens is 2. The molecule has 1 heterocycles. The minimum Gasteiger partial charge on any atom is -0.406 e. The van der Waals surface area contributed by atoms with E-state index in [9.17, 15) is 8.78 Å². The second-order valence-electron chi connectivity index (χ2n) is 4.04. The molecule has 1 aromatic carbocycles. The molecule has 2 rings (SSSR count). The predicted molar refractivity (Wildman–Crippen MR) is 75.2 cm³/mol. The van der Waals surface area contributed by atoms with Gasteiger partial charge in [-0.3, -0.25) is 0 Å². The third-order valence-corrected chi connectivity index (χ3v) is 2.92. The number of benzene rings is 1. The average molecular weight is 363 g/mol. The average Bonchev–Trinajstić information content (AvgIpc) is 2.87. The van der Waals surface area contributed by atoms with Gasteiger partial charge in [0.15, 0.2) is 11.6 Å². The van der Waals surface area contributed by atoms with E-state index >= 15 is 0 Å². The number of anilines is 2. The third kappa shape index (κ3) is 4.45. The quantitative estimate of drug-likeness (QED) is 0.737. The molecule has 1 aromatic heterocycles. The molecule has 0 aliphatic heterocycles. The van der Waals surface area contributed by atoms with Crippen molar-refractivity contribution in [2.24, 2.45) is 0 Å². The molecule has 21 heavy (non-hydrogen) atoms. The molecule has 0 aliphatic carbocycles. The molecule has 0 atom stereocenters. The summed E-state index contributed by atoms with van der Waals surface area (Å²) in [5, 5.41) is 12.9. The van der Waals surface area contributed by atoms with E-state index in [1.807, 2.05) is 0 Å². The van der Waals surface area contributed by atoms with E-state index in [1.54, 1.807) is 7.11 Å². The Balaban J connectivity index is 1.99. The van der Waals surface area contributed by atoms with Crippen LogP contribution in [0.15, 0.2) is 21.0 Å². The summed E-state index contributed by atoms with van der Waals surface area (Å²) < 4.78 is 37.7. The zero-order chi connectivity index (χ0) is 15.2. The van der Waals surface area contributed by atoms with E-state index < -0.39 is 11.6 Å². The summed E-state index contributed by atoms with van der Waals surface area (Å²) in [4.78, 5) is 0. The summed E-state index contributed by atoms with van der Waals surface area (Å²) in [5.41, 5.74) is -0.347. The summed E-state index contributed by atoms with van der Waals surface area (Å²) in [6, 6.07) is 2.18. The second-order valence-corrected chi connectivity index (χ2v) is 4.96. The van der Waals surface area contributed by atoms with Gasteiger partial charge in [-0.15, -0.1) is 5.10 Å². The first kappa shape index (κ1) is 15.8. The Morgan fingerprint density at radius 1 is 1.29 bits per heavy atom. The molecule has 6 nitrogen and oxygen atoms in total. The van der Waals surface area contributed by atoms with Gasteiger partial charge in [-0.25, -0.2) is 8.78 Å². The lowest BCUT2D eigenvalue weighted by molar-refractivity contribution is 0.198. The molecule has 9 heteroatoms. The Morgan fingerprint density at radius 2 is 2.00 bits per heavy atom. The van der Waals surface area contributed by atoms with Crippen molar-refractivity contribution in [3.63, 3.8) is 0 Å². The van der Waals surface area contributed by atoms with Gasteiger partial charge in [-0.2, -0.15) is 0 Å². The van der Waals surface area contributed by atoms with Gasteiger partial charge in [0.1, 0.15) is 5.69 Å². The standard InChI is InChI=1S/C12H13BrF2N4O2/c1-20-3-2-16-6-10-18-19-12(21-10)17-11-8(14)4-7(13)5-9(11)15/h4-5,16H,2-3,6H2,1H3,(H,17,19). The Morgan fingerprint density at radius 3 is 2.67 bits per heavy atom. The maximum Gasteiger partial charge on any atom is 0.320 e. The van der Waals surface area contributed by atoms with Crippen LogP contribution in [0.4, 0.5) is 20.5 Å². The summed E-state index contributed by atoms with van der Waals surface area (Å²) >= 11 is 3.00.